The molecule has 0 spiro atoms. The van der Waals surface area contributed by atoms with Crippen LogP contribution in [0, 0.1) is 0 Å². The number of oxazole rings is 1. The van der Waals surface area contributed by atoms with Crippen LogP contribution < -0.4 is 0 Å². The summed E-state index contributed by atoms with van der Waals surface area (Å²) in [6.45, 7) is 0. The molecule has 44 heavy (non-hydrogen) atoms. The number of para-hydroxylation sites is 1. The van der Waals surface area contributed by atoms with Crippen LogP contribution in [0.25, 0.3) is 89.2 Å². The summed E-state index contributed by atoms with van der Waals surface area (Å²) in [5.41, 5.74) is 8.67. The Labute approximate surface area is 252 Å². The highest BCUT2D eigenvalue weighted by molar-refractivity contribution is 6.13. The summed E-state index contributed by atoms with van der Waals surface area (Å²) < 4.78 is 12.6. The Balaban J connectivity index is 1.33. The van der Waals surface area contributed by atoms with E-state index in [1.54, 1.807) is 0 Å². The fraction of sp³-hybridized carbons (Fsp3) is 0. The molecule has 0 aliphatic rings. The van der Waals surface area contributed by atoms with Crippen molar-refractivity contribution in [2.75, 3.05) is 0 Å². The molecule has 0 radical (unpaired) electrons. The second-order valence-corrected chi connectivity index (χ2v) is 10.8. The Bertz CT molecular complexity index is 2500. The zero-order valence-corrected chi connectivity index (χ0v) is 23.4. The first-order valence-corrected chi connectivity index (χ1v) is 14.5. The summed E-state index contributed by atoms with van der Waals surface area (Å²) in [5.74, 6) is 1.20. The third kappa shape index (κ3) is 3.91. The first kappa shape index (κ1) is 24.5. The normalized spacial score (nSPS) is 11.6. The van der Waals surface area contributed by atoms with Crippen molar-refractivity contribution in [2.45, 2.75) is 0 Å². The van der Waals surface area contributed by atoms with Crippen LogP contribution in [0.2, 0.25) is 0 Å². The lowest BCUT2D eigenvalue weighted by molar-refractivity contribution is 0.623. The number of aromatic nitrogens is 3. The molecule has 0 saturated carbocycles. The van der Waals surface area contributed by atoms with E-state index >= 15 is 0 Å². The average molecular weight is 566 g/mol. The lowest BCUT2D eigenvalue weighted by Crippen LogP contribution is -1.97. The van der Waals surface area contributed by atoms with Gasteiger partial charge in [-0.2, -0.15) is 0 Å². The molecule has 0 fully saturated rings. The number of furan rings is 1. The predicted octanol–water partition coefficient (Wildman–Crippen LogP) is 10.3. The van der Waals surface area contributed by atoms with Crippen LogP contribution in [0.1, 0.15) is 0 Å². The van der Waals surface area contributed by atoms with Crippen molar-refractivity contribution < 1.29 is 8.83 Å². The molecule has 3 heterocycles. The van der Waals surface area contributed by atoms with E-state index in [4.69, 9.17) is 23.8 Å². The Morgan fingerprint density at radius 2 is 1.09 bits per heavy atom. The molecule has 206 valence electrons. The third-order valence-corrected chi connectivity index (χ3v) is 8.13. The molecule has 5 nitrogen and oxygen atoms in total. The van der Waals surface area contributed by atoms with E-state index < -0.39 is 0 Å². The van der Waals surface area contributed by atoms with E-state index in [9.17, 15) is 0 Å². The van der Waals surface area contributed by atoms with Gasteiger partial charge in [-0.25, -0.2) is 15.0 Å². The SMILES string of the molecule is c1ccc(-c2cc(-c3cccc4oc5ccccc5c34)nc(-c3cc4nc(-c5ccccc5)oc4c4ccccc34)n2)cc1. The number of hydrogen-bond donors (Lipinski definition) is 0. The van der Waals surface area contributed by atoms with Gasteiger partial charge in [0.1, 0.15) is 16.7 Å². The van der Waals surface area contributed by atoms with Crippen molar-refractivity contribution in [3.63, 3.8) is 0 Å². The van der Waals surface area contributed by atoms with Gasteiger partial charge < -0.3 is 8.83 Å². The maximum Gasteiger partial charge on any atom is 0.227 e. The molecular weight excluding hydrogens is 542 g/mol. The van der Waals surface area contributed by atoms with Gasteiger partial charge in [-0.1, -0.05) is 103 Å². The Hall–Kier alpha value is -6.07. The summed E-state index contributed by atoms with van der Waals surface area (Å²) in [7, 11) is 0. The molecule has 5 heteroatoms. The van der Waals surface area contributed by atoms with Crippen LogP contribution in [0.4, 0.5) is 0 Å². The zero-order valence-electron chi connectivity index (χ0n) is 23.4. The molecule has 0 bridgehead atoms. The number of nitrogens with zero attached hydrogens (tertiary/aromatic N) is 3. The molecule has 0 aliphatic heterocycles. The molecule has 0 amide bonds. The molecular formula is C39H23N3O2. The van der Waals surface area contributed by atoms with E-state index in [0.29, 0.717) is 11.7 Å². The molecule has 0 saturated heterocycles. The number of hydrogen-bond acceptors (Lipinski definition) is 5. The lowest BCUT2D eigenvalue weighted by atomic mass is 10.00. The van der Waals surface area contributed by atoms with Gasteiger partial charge in [0.2, 0.25) is 5.89 Å². The summed E-state index contributed by atoms with van der Waals surface area (Å²) >= 11 is 0. The molecule has 0 N–H and O–H groups in total. The number of fused-ring (bicyclic) bond motifs is 6. The summed E-state index contributed by atoms with van der Waals surface area (Å²) in [4.78, 5) is 15.3. The van der Waals surface area contributed by atoms with Gasteiger partial charge in [-0.05, 0) is 41.8 Å². The van der Waals surface area contributed by atoms with Gasteiger partial charge in [0.15, 0.2) is 11.4 Å². The monoisotopic (exact) mass is 565 g/mol. The Morgan fingerprint density at radius 1 is 0.432 bits per heavy atom. The van der Waals surface area contributed by atoms with Crippen molar-refractivity contribution in [3.8, 4) is 45.4 Å². The third-order valence-electron chi connectivity index (χ3n) is 8.13. The molecule has 0 unspecified atom stereocenters. The van der Waals surface area contributed by atoms with Crippen LogP contribution in [0.15, 0.2) is 148 Å². The largest absolute Gasteiger partial charge is 0.456 e. The van der Waals surface area contributed by atoms with Crippen LogP contribution in [-0.4, -0.2) is 15.0 Å². The standard InChI is InChI=1S/C39H23N3O2/c1-3-12-24(13-4-1)31-23-32(28-19-11-21-35-36(28)29-18-9-10-20-34(29)43-35)41-38(40-31)30-22-33-37(27-17-8-7-16-26(27)30)44-39(42-33)25-14-5-2-6-15-25/h1-23H. The minimum absolute atomic E-state index is 0.584. The fourth-order valence-corrected chi connectivity index (χ4v) is 6.09. The fourth-order valence-electron chi connectivity index (χ4n) is 6.09. The predicted molar refractivity (Wildman–Crippen MR) is 176 cm³/mol. The van der Waals surface area contributed by atoms with Gasteiger partial charge >= 0.3 is 0 Å². The minimum Gasteiger partial charge on any atom is -0.456 e. The topological polar surface area (TPSA) is 65.0 Å². The van der Waals surface area contributed by atoms with Gasteiger partial charge in [0.05, 0.1) is 11.4 Å². The van der Waals surface area contributed by atoms with Gasteiger partial charge in [0, 0.05) is 38.4 Å². The first-order chi connectivity index (χ1) is 21.8. The summed E-state index contributed by atoms with van der Waals surface area (Å²) in [6.07, 6.45) is 0. The highest BCUT2D eigenvalue weighted by atomic mass is 16.3. The van der Waals surface area contributed by atoms with Gasteiger partial charge in [-0.15, -0.1) is 0 Å². The highest BCUT2D eigenvalue weighted by Gasteiger charge is 2.20. The van der Waals surface area contributed by atoms with Crippen molar-refractivity contribution in [3.05, 3.63) is 140 Å². The molecule has 0 atom stereocenters. The maximum atomic E-state index is 6.36. The number of benzene rings is 6. The lowest BCUT2D eigenvalue weighted by Gasteiger charge is -2.12. The van der Waals surface area contributed by atoms with E-state index in [1.165, 1.54) is 0 Å². The first-order valence-electron chi connectivity index (χ1n) is 14.5. The molecule has 0 aliphatic carbocycles. The molecule has 3 aromatic heterocycles. The molecule has 9 aromatic rings. The van der Waals surface area contributed by atoms with Crippen LogP contribution in [0.3, 0.4) is 0 Å². The Morgan fingerprint density at radius 3 is 1.91 bits per heavy atom. The maximum absolute atomic E-state index is 6.36. The highest BCUT2D eigenvalue weighted by Crippen LogP contribution is 2.40. The van der Waals surface area contributed by atoms with E-state index in [1.807, 2.05) is 91.0 Å². The average Bonchev–Trinajstić information content (AvgIpc) is 3.71. The van der Waals surface area contributed by atoms with Crippen molar-refractivity contribution >= 4 is 43.8 Å². The van der Waals surface area contributed by atoms with E-state index in [2.05, 4.69) is 48.5 Å². The zero-order chi connectivity index (χ0) is 29.0. The van der Waals surface area contributed by atoms with Crippen LogP contribution >= 0.6 is 0 Å². The van der Waals surface area contributed by atoms with E-state index in [-0.39, 0.29) is 0 Å². The van der Waals surface area contributed by atoms with Gasteiger partial charge in [-0.3, -0.25) is 0 Å². The van der Waals surface area contributed by atoms with E-state index in [0.717, 1.165) is 77.5 Å². The summed E-state index contributed by atoms with van der Waals surface area (Å²) in [5, 5.41) is 4.06. The quantitative estimate of drug-likeness (QED) is 0.212. The second-order valence-electron chi connectivity index (χ2n) is 10.8. The van der Waals surface area contributed by atoms with Crippen LogP contribution in [0.5, 0.6) is 0 Å². The van der Waals surface area contributed by atoms with Crippen molar-refractivity contribution in [2.24, 2.45) is 0 Å². The van der Waals surface area contributed by atoms with Crippen LogP contribution in [-0.2, 0) is 0 Å². The van der Waals surface area contributed by atoms with Crippen molar-refractivity contribution in [1.82, 2.24) is 15.0 Å². The van der Waals surface area contributed by atoms with Gasteiger partial charge in [0.25, 0.3) is 0 Å². The Kier molecular flexibility index (Phi) is 5.43. The second kappa shape index (κ2) is 9.75. The molecule has 9 rings (SSSR count). The minimum atomic E-state index is 0.584. The summed E-state index contributed by atoms with van der Waals surface area (Å²) in [6, 6.07) is 46.8. The molecule has 6 aromatic carbocycles. The van der Waals surface area contributed by atoms with Crippen molar-refractivity contribution in [1.29, 1.82) is 0 Å². The smallest absolute Gasteiger partial charge is 0.227 e. The number of rotatable bonds is 4.